The zero-order valence-electron chi connectivity index (χ0n) is 27.4. The molecule has 0 spiro atoms. The molecule has 234 valence electrons. The summed E-state index contributed by atoms with van der Waals surface area (Å²) in [6.07, 6.45) is 5.64. The fourth-order valence-corrected chi connectivity index (χ4v) is 9.41. The van der Waals surface area contributed by atoms with E-state index in [4.69, 9.17) is 4.98 Å². The van der Waals surface area contributed by atoms with Crippen LogP contribution in [0.2, 0.25) is 13.1 Å². The Balaban J connectivity index is 0.000000131. The van der Waals surface area contributed by atoms with Crippen molar-refractivity contribution >= 4 is 50.9 Å². The van der Waals surface area contributed by atoms with Gasteiger partial charge < -0.3 is 15.0 Å². The van der Waals surface area contributed by atoms with Gasteiger partial charge in [-0.1, -0.05) is 78.4 Å². The van der Waals surface area contributed by atoms with Crippen LogP contribution in [0, 0.1) is 32.0 Å². The van der Waals surface area contributed by atoms with Crippen LogP contribution in [0.3, 0.4) is 0 Å². The van der Waals surface area contributed by atoms with Crippen LogP contribution in [-0.4, -0.2) is 23.0 Å². The first-order valence-electron chi connectivity index (χ1n) is 15.9. The number of aryl methyl sites for hydroxylation is 2. The van der Waals surface area contributed by atoms with Crippen molar-refractivity contribution in [3.63, 3.8) is 0 Å². The van der Waals surface area contributed by atoms with Crippen LogP contribution in [-0.2, 0) is 20.1 Å². The van der Waals surface area contributed by atoms with Crippen molar-refractivity contribution in [2.45, 2.75) is 26.9 Å². The fourth-order valence-electron chi connectivity index (χ4n) is 6.36. The quantitative estimate of drug-likeness (QED) is 0.0994. The van der Waals surface area contributed by atoms with E-state index in [0.717, 1.165) is 33.4 Å². The van der Waals surface area contributed by atoms with Crippen LogP contribution >= 0.6 is 0 Å². The molecule has 0 bridgehead atoms. The molecule has 5 heteroatoms. The molecule has 1 aliphatic rings. The molecule has 0 radical (unpaired) electrons. The van der Waals surface area contributed by atoms with Crippen LogP contribution < -0.4 is 10.4 Å². The Morgan fingerprint density at radius 3 is 2.02 bits per heavy atom. The number of aromatic nitrogens is 3. The van der Waals surface area contributed by atoms with Gasteiger partial charge in [0.05, 0.1) is 0 Å². The third kappa shape index (κ3) is 6.37. The monoisotopic (exact) mass is 813 g/mol. The van der Waals surface area contributed by atoms with Crippen LogP contribution in [0.4, 0.5) is 0 Å². The van der Waals surface area contributed by atoms with Crippen molar-refractivity contribution < 1.29 is 20.1 Å². The summed E-state index contributed by atoms with van der Waals surface area (Å²) in [5.74, 6) is 0. The van der Waals surface area contributed by atoms with Gasteiger partial charge in [0.15, 0.2) is 0 Å². The molecule has 8 aromatic rings. The van der Waals surface area contributed by atoms with E-state index in [1.807, 2.05) is 86.0 Å². The number of hydrogen-bond donors (Lipinski definition) is 0. The maximum atomic E-state index is 4.71. The minimum Gasteiger partial charge on any atom is -0.305 e. The second kappa shape index (κ2) is 14.1. The van der Waals surface area contributed by atoms with Crippen LogP contribution in [0.25, 0.3) is 55.0 Å². The number of benzene rings is 5. The Morgan fingerprint density at radius 2 is 1.29 bits per heavy atom. The molecule has 0 aliphatic carbocycles. The maximum Gasteiger partial charge on any atom is 3.00 e. The Labute approximate surface area is 297 Å². The standard InChI is InChI=1S/C19H14NSi.C13H12N.C11H8N.Ir/c1-21(2)15-9-5-8-13-12-6-3-4-7-14(12)19-18(17(13)15)16(21)10-11-20-19;1-10-3-6-12(7-4-10)13-8-5-11(2)9-14-13;1-2-6-10(7-3-1)11-8-4-5-9-12-11;/h3-6,8-11H,1-2H3;3-6,8-9H,1-2H3;1-6,8-9H;/q3*-1;+3. The van der Waals surface area contributed by atoms with Crippen LogP contribution in [0.15, 0.2) is 134 Å². The van der Waals surface area contributed by atoms with Gasteiger partial charge in [-0.3, -0.25) is 0 Å². The molecule has 9 rings (SSSR count). The summed E-state index contributed by atoms with van der Waals surface area (Å²) in [4.78, 5) is 13.3. The minimum absolute atomic E-state index is 0. The molecule has 5 aromatic carbocycles. The predicted molar refractivity (Wildman–Crippen MR) is 199 cm³/mol. The van der Waals surface area contributed by atoms with Crippen molar-refractivity contribution in [3.05, 3.63) is 163 Å². The van der Waals surface area contributed by atoms with E-state index in [-0.39, 0.29) is 20.1 Å². The Bertz CT molecular complexity index is 2160. The Kier molecular flexibility index (Phi) is 9.75. The summed E-state index contributed by atoms with van der Waals surface area (Å²) in [6.45, 7) is 8.99. The first-order chi connectivity index (χ1) is 22.9. The average Bonchev–Trinajstić information content (AvgIpc) is 3.37. The predicted octanol–water partition coefficient (Wildman–Crippen LogP) is 9.19. The summed E-state index contributed by atoms with van der Waals surface area (Å²) in [6, 6.07) is 48.9. The molecule has 3 nitrogen and oxygen atoms in total. The SMILES string of the molecule is C[Si]1(C)c2cccc3c4ccc[c-]c4c4nccc1c4c23.Cc1c[c-]c(-c2ccc(C)cn2)cc1.[Ir+3].[c-]1ccccc1-c1ccccn1. The smallest absolute Gasteiger partial charge is 0.305 e. The first-order valence-corrected chi connectivity index (χ1v) is 18.9. The van der Waals surface area contributed by atoms with Crippen molar-refractivity contribution in [2.24, 2.45) is 0 Å². The number of pyridine rings is 3. The molecule has 0 unspecified atom stereocenters. The van der Waals surface area contributed by atoms with Crippen LogP contribution in [0.1, 0.15) is 11.1 Å². The second-order valence-electron chi connectivity index (χ2n) is 12.4. The van der Waals surface area contributed by atoms with Crippen molar-refractivity contribution in [1.82, 2.24) is 15.0 Å². The molecule has 0 fully saturated rings. The third-order valence-electron chi connectivity index (χ3n) is 8.80. The van der Waals surface area contributed by atoms with E-state index in [0.29, 0.717) is 0 Å². The number of hydrogen-bond acceptors (Lipinski definition) is 3. The van der Waals surface area contributed by atoms with Crippen molar-refractivity contribution in [2.75, 3.05) is 0 Å². The van der Waals surface area contributed by atoms with Crippen LogP contribution in [0.5, 0.6) is 0 Å². The molecule has 1 aliphatic heterocycles. The minimum atomic E-state index is -1.60. The van der Waals surface area contributed by atoms with Gasteiger partial charge in [0.1, 0.15) is 8.07 Å². The van der Waals surface area contributed by atoms with Gasteiger partial charge in [0.25, 0.3) is 0 Å². The van der Waals surface area contributed by atoms with Gasteiger partial charge in [-0.2, -0.15) is 0 Å². The molecule has 0 amide bonds. The van der Waals surface area contributed by atoms with Gasteiger partial charge in [-0.15, -0.1) is 101 Å². The van der Waals surface area contributed by atoms with E-state index in [1.54, 1.807) is 11.4 Å². The largest absolute Gasteiger partial charge is 3.00 e. The van der Waals surface area contributed by atoms with E-state index >= 15 is 0 Å². The zero-order chi connectivity index (χ0) is 32.4. The van der Waals surface area contributed by atoms with Crippen molar-refractivity contribution in [1.29, 1.82) is 0 Å². The van der Waals surface area contributed by atoms with Gasteiger partial charge in [-0.25, -0.2) is 0 Å². The number of rotatable bonds is 2. The molecule has 0 atom stereocenters. The van der Waals surface area contributed by atoms with Gasteiger partial charge >= 0.3 is 20.1 Å². The molecule has 3 aromatic heterocycles. The normalized spacial score (nSPS) is 12.2. The summed E-state index contributed by atoms with van der Waals surface area (Å²) in [5, 5.41) is 9.70. The Morgan fingerprint density at radius 1 is 0.542 bits per heavy atom. The molecule has 48 heavy (non-hydrogen) atoms. The fraction of sp³-hybridized carbons (Fsp3) is 0.0930. The summed E-state index contributed by atoms with van der Waals surface area (Å²) in [7, 11) is -1.60. The average molecular weight is 813 g/mol. The molecule has 4 heterocycles. The number of nitrogens with zero attached hydrogens (tertiary/aromatic N) is 3. The zero-order valence-corrected chi connectivity index (χ0v) is 30.8. The van der Waals surface area contributed by atoms with Gasteiger partial charge in [-0.05, 0) is 57.5 Å². The third-order valence-corrected chi connectivity index (χ3v) is 12.3. The molecule has 0 saturated carbocycles. The molecule has 0 saturated heterocycles. The van der Waals surface area contributed by atoms with Crippen molar-refractivity contribution in [3.8, 4) is 22.5 Å². The summed E-state index contributed by atoms with van der Waals surface area (Å²) < 4.78 is 0. The van der Waals surface area contributed by atoms with E-state index in [9.17, 15) is 0 Å². The topological polar surface area (TPSA) is 38.7 Å². The van der Waals surface area contributed by atoms with Gasteiger partial charge in [0, 0.05) is 18.6 Å². The molecule has 0 N–H and O–H groups in total. The van der Waals surface area contributed by atoms with E-state index in [2.05, 4.69) is 96.7 Å². The second-order valence-corrected chi connectivity index (χ2v) is 16.7. The number of fused-ring (bicyclic) bond motifs is 3. The summed E-state index contributed by atoms with van der Waals surface area (Å²) in [5.41, 5.74) is 7.57. The first kappa shape index (κ1) is 33.1. The maximum absolute atomic E-state index is 4.71. The molecular formula is C43H34IrN3Si. The molecular weight excluding hydrogens is 779 g/mol. The van der Waals surface area contributed by atoms with E-state index < -0.39 is 8.07 Å². The van der Waals surface area contributed by atoms with Gasteiger partial charge in [0.2, 0.25) is 0 Å². The van der Waals surface area contributed by atoms with E-state index in [1.165, 1.54) is 37.9 Å². The Hall–Kier alpha value is -4.80. The summed E-state index contributed by atoms with van der Waals surface area (Å²) >= 11 is 0.